The molecular formula is C23H16Cl2N2O2. The highest BCUT2D eigenvalue weighted by molar-refractivity contribution is 6.37. The third-order valence-electron chi connectivity index (χ3n) is 4.71. The summed E-state index contributed by atoms with van der Waals surface area (Å²) in [7, 11) is 0. The van der Waals surface area contributed by atoms with Crippen molar-refractivity contribution in [1.29, 1.82) is 0 Å². The third kappa shape index (κ3) is 3.46. The fraction of sp³-hybridized carbons (Fsp3) is 0.0870. The van der Waals surface area contributed by atoms with Gasteiger partial charge in [-0.3, -0.25) is 9.59 Å². The first-order valence-electron chi connectivity index (χ1n) is 8.96. The van der Waals surface area contributed by atoms with Gasteiger partial charge in [-0.2, -0.15) is 9.78 Å². The van der Waals surface area contributed by atoms with E-state index in [4.69, 9.17) is 23.2 Å². The molecule has 0 aliphatic carbocycles. The van der Waals surface area contributed by atoms with E-state index in [1.54, 1.807) is 36.4 Å². The maximum absolute atomic E-state index is 13.2. The molecule has 0 aliphatic heterocycles. The van der Waals surface area contributed by atoms with E-state index in [0.717, 1.165) is 11.1 Å². The van der Waals surface area contributed by atoms with Crippen molar-refractivity contribution in [2.24, 2.45) is 0 Å². The van der Waals surface area contributed by atoms with E-state index in [2.05, 4.69) is 5.10 Å². The molecule has 0 saturated carbocycles. The van der Waals surface area contributed by atoms with Crippen LogP contribution in [0.15, 0.2) is 65.5 Å². The highest BCUT2D eigenvalue weighted by atomic mass is 35.5. The van der Waals surface area contributed by atoms with E-state index in [0.29, 0.717) is 37.8 Å². The van der Waals surface area contributed by atoms with E-state index >= 15 is 0 Å². The second-order valence-electron chi connectivity index (χ2n) is 6.83. The van der Waals surface area contributed by atoms with Gasteiger partial charge >= 0.3 is 0 Å². The number of aromatic nitrogens is 2. The molecule has 0 spiro atoms. The van der Waals surface area contributed by atoms with Crippen molar-refractivity contribution in [3.63, 3.8) is 0 Å². The number of rotatable bonds is 3. The maximum atomic E-state index is 13.2. The van der Waals surface area contributed by atoms with Gasteiger partial charge in [-0.1, -0.05) is 47.5 Å². The smallest absolute Gasteiger partial charge is 0.279 e. The van der Waals surface area contributed by atoms with E-state index in [9.17, 15) is 9.59 Å². The van der Waals surface area contributed by atoms with Crippen molar-refractivity contribution in [2.45, 2.75) is 13.8 Å². The molecule has 3 aromatic carbocycles. The molecule has 0 fully saturated rings. The lowest BCUT2D eigenvalue weighted by Gasteiger charge is -2.14. The molecule has 0 saturated heterocycles. The zero-order chi connectivity index (χ0) is 20.7. The van der Waals surface area contributed by atoms with Crippen LogP contribution in [0.3, 0.4) is 0 Å². The number of halogens is 2. The highest BCUT2D eigenvalue weighted by Crippen LogP contribution is 2.31. The summed E-state index contributed by atoms with van der Waals surface area (Å²) in [6.45, 7) is 3.44. The summed E-state index contributed by atoms with van der Waals surface area (Å²) in [5.74, 6) is -0.0401. The summed E-state index contributed by atoms with van der Waals surface area (Å²) in [5, 5.41) is 6.45. The Bertz CT molecular complexity index is 1320. The van der Waals surface area contributed by atoms with Crippen LogP contribution in [-0.4, -0.2) is 15.6 Å². The van der Waals surface area contributed by atoms with Gasteiger partial charge < -0.3 is 0 Å². The zero-order valence-electron chi connectivity index (χ0n) is 15.7. The monoisotopic (exact) mass is 422 g/mol. The number of aryl methyl sites for hydroxylation is 1. The standard InChI is InChI=1S/C23H16Cl2N2O2/c1-13-10-15(14(2)28)12-16(11-13)21-17-6-3-4-7-18(17)23(29)27(26-21)22-19(24)8-5-9-20(22)25/h3-12H,1-2H3. The number of carbonyl (C=O) groups excluding carboxylic acids is 1. The number of benzene rings is 3. The normalized spacial score (nSPS) is 11.0. The number of carbonyl (C=O) groups is 1. The Morgan fingerprint density at radius 2 is 1.59 bits per heavy atom. The molecule has 0 amide bonds. The van der Waals surface area contributed by atoms with Crippen LogP contribution in [-0.2, 0) is 0 Å². The van der Waals surface area contributed by atoms with Crippen LogP contribution < -0.4 is 5.56 Å². The van der Waals surface area contributed by atoms with Gasteiger partial charge in [-0.15, -0.1) is 0 Å². The van der Waals surface area contributed by atoms with E-state index in [1.807, 2.05) is 31.2 Å². The summed E-state index contributed by atoms with van der Waals surface area (Å²) in [4.78, 5) is 25.2. The highest BCUT2D eigenvalue weighted by Gasteiger charge is 2.18. The summed E-state index contributed by atoms with van der Waals surface area (Å²) < 4.78 is 1.23. The first-order valence-corrected chi connectivity index (χ1v) is 9.72. The number of Topliss-reactive ketones (excluding diaryl/α,β-unsaturated/α-hetero) is 1. The lowest BCUT2D eigenvalue weighted by Crippen LogP contribution is -2.23. The Hall–Kier alpha value is -2.95. The number of hydrogen-bond donors (Lipinski definition) is 0. The SMILES string of the molecule is CC(=O)c1cc(C)cc(-c2nn(-c3c(Cl)cccc3Cl)c(=O)c3ccccc23)c1. The first-order chi connectivity index (χ1) is 13.9. The molecule has 29 heavy (non-hydrogen) atoms. The maximum Gasteiger partial charge on any atom is 0.279 e. The zero-order valence-corrected chi connectivity index (χ0v) is 17.3. The quantitative estimate of drug-likeness (QED) is 0.387. The largest absolute Gasteiger partial charge is 0.295 e. The van der Waals surface area contributed by atoms with Crippen LogP contribution in [0.5, 0.6) is 0 Å². The summed E-state index contributed by atoms with van der Waals surface area (Å²) in [5.41, 5.74) is 2.82. The van der Waals surface area contributed by atoms with Gasteiger partial charge in [0, 0.05) is 16.5 Å². The molecule has 0 aliphatic rings. The first kappa shape index (κ1) is 19.4. The Morgan fingerprint density at radius 1 is 0.931 bits per heavy atom. The molecule has 4 aromatic rings. The second-order valence-corrected chi connectivity index (χ2v) is 7.64. The number of para-hydroxylation sites is 1. The number of hydrogen-bond acceptors (Lipinski definition) is 3. The van der Waals surface area contributed by atoms with Crippen LogP contribution in [0, 0.1) is 6.92 Å². The summed E-state index contributed by atoms with van der Waals surface area (Å²) in [6.07, 6.45) is 0. The molecule has 4 nitrogen and oxygen atoms in total. The number of fused-ring (bicyclic) bond motifs is 1. The Morgan fingerprint density at radius 3 is 2.24 bits per heavy atom. The van der Waals surface area contributed by atoms with Crippen molar-refractivity contribution < 1.29 is 4.79 Å². The summed E-state index contributed by atoms with van der Waals surface area (Å²) in [6, 6.07) is 17.8. The van der Waals surface area contributed by atoms with E-state index in [-0.39, 0.29) is 11.3 Å². The molecule has 144 valence electrons. The summed E-state index contributed by atoms with van der Waals surface area (Å²) >= 11 is 12.7. The second kappa shape index (κ2) is 7.47. The van der Waals surface area contributed by atoms with Gasteiger partial charge in [0.25, 0.3) is 5.56 Å². The molecular weight excluding hydrogens is 407 g/mol. The molecule has 0 bridgehead atoms. The van der Waals surface area contributed by atoms with Gasteiger partial charge in [0.05, 0.1) is 21.1 Å². The molecule has 0 N–H and O–H groups in total. The number of nitrogens with zero attached hydrogens (tertiary/aromatic N) is 2. The minimum atomic E-state index is -0.321. The third-order valence-corrected chi connectivity index (χ3v) is 5.32. The van der Waals surface area contributed by atoms with Gasteiger partial charge in [-0.05, 0) is 55.8 Å². The molecule has 0 unspecified atom stereocenters. The fourth-order valence-corrected chi connectivity index (χ4v) is 3.93. The van der Waals surface area contributed by atoms with Crippen molar-refractivity contribution in [2.75, 3.05) is 0 Å². The lowest BCUT2D eigenvalue weighted by molar-refractivity contribution is 0.101. The average molecular weight is 423 g/mol. The van der Waals surface area contributed by atoms with E-state index in [1.165, 1.54) is 11.6 Å². The van der Waals surface area contributed by atoms with Crippen LogP contribution in [0.4, 0.5) is 0 Å². The van der Waals surface area contributed by atoms with Crippen LogP contribution in [0.2, 0.25) is 10.0 Å². The van der Waals surface area contributed by atoms with Crippen molar-refractivity contribution in [3.05, 3.63) is 92.2 Å². The van der Waals surface area contributed by atoms with Gasteiger partial charge in [-0.25, -0.2) is 0 Å². The van der Waals surface area contributed by atoms with Crippen molar-refractivity contribution in [3.8, 4) is 16.9 Å². The van der Waals surface area contributed by atoms with Crippen LogP contribution in [0.25, 0.3) is 27.7 Å². The van der Waals surface area contributed by atoms with E-state index < -0.39 is 0 Å². The predicted octanol–water partition coefficient (Wildman–Crippen LogP) is 5.87. The van der Waals surface area contributed by atoms with Crippen LogP contribution >= 0.6 is 23.2 Å². The lowest BCUT2D eigenvalue weighted by atomic mass is 9.99. The molecule has 6 heteroatoms. The van der Waals surface area contributed by atoms with Gasteiger partial charge in [0.2, 0.25) is 0 Å². The molecule has 0 atom stereocenters. The molecule has 0 radical (unpaired) electrons. The molecule has 1 aromatic heterocycles. The van der Waals surface area contributed by atoms with Crippen molar-refractivity contribution >= 4 is 39.8 Å². The van der Waals surface area contributed by atoms with Crippen LogP contribution in [0.1, 0.15) is 22.8 Å². The van der Waals surface area contributed by atoms with Gasteiger partial charge in [0.15, 0.2) is 5.78 Å². The Kier molecular flexibility index (Phi) is 4.99. The Labute approximate surface area is 177 Å². The fourth-order valence-electron chi connectivity index (χ4n) is 3.37. The van der Waals surface area contributed by atoms with Crippen molar-refractivity contribution in [1.82, 2.24) is 9.78 Å². The Balaban J connectivity index is 2.13. The predicted molar refractivity (Wildman–Crippen MR) is 118 cm³/mol. The van der Waals surface area contributed by atoms with Gasteiger partial charge in [0.1, 0.15) is 5.69 Å². The minimum Gasteiger partial charge on any atom is -0.295 e. The topological polar surface area (TPSA) is 52.0 Å². The average Bonchev–Trinajstić information content (AvgIpc) is 2.69. The molecule has 4 rings (SSSR count). The molecule has 1 heterocycles. The number of ketones is 1. The minimum absolute atomic E-state index is 0.0401.